The van der Waals surface area contributed by atoms with Crippen LogP contribution in [0.25, 0.3) is 0 Å². The molecule has 0 bridgehead atoms. The first kappa shape index (κ1) is 12.8. The molecule has 1 saturated carbocycles. The molecule has 2 unspecified atom stereocenters. The minimum Gasteiger partial charge on any atom is -0.367 e. The van der Waals surface area contributed by atoms with E-state index < -0.39 is 5.60 Å². The van der Waals surface area contributed by atoms with Gasteiger partial charge in [0.05, 0.1) is 4.88 Å². The lowest BCUT2D eigenvalue weighted by molar-refractivity contribution is -0.0509. The molecule has 0 radical (unpaired) electrons. The van der Waals surface area contributed by atoms with E-state index in [0.717, 1.165) is 24.1 Å². The van der Waals surface area contributed by atoms with Crippen molar-refractivity contribution in [3.63, 3.8) is 0 Å². The monoisotopic (exact) mass is 252 g/mol. The topological polar surface area (TPSA) is 26.3 Å². The van der Waals surface area contributed by atoms with E-state index in [2.05, 4.69) is 6.92 Å². The molecular weight excluding hydrogens is 232 g/mol. The zero-order valence-corrected chi connectivity index (χ0v) is 11.4. The van der Waals surface area contributed by atoms with Crippen molar-refractivity contribution >= 4 is 17.1 Å². The van der Waals surface area contributed by atoms with Crippen LogP contribution < -0.4 is 0 Å². The Balaban J connectivity index is 2.24. The summed E-state index contributed by atoms with van der Waals surface area (Å²) in [7, 11) is 0. The van der Waals surface area contributed by atoms with Crippen LogP contribution in [0.5, 0.6) is 0 Å². The quantitative estimate of drug-likeness (QED) is 0.759. The summed E-state index contributed by atoms with van der Waals surface area (Å²) < 4.78 is 5.88. The van der Waals surface area contributed by atoms with Crippen LogP contribution in [-0.2, 0) is 4.74 Å². The van der Waals surface area contributed by atoms with E-state index in [-0.39, 0.29) is 5.78 Å². The van der Waals surface area contributed by atoms with E-state index in [1.54, 1.807) is 0 Å². The first-order chi connectivity index (χ1) is 8.18. The number of hydrogen-bond donors (Lipinski definition) is 0. The molecule has 2 rings (SSSR count). The van der Waals surface area contributed by atoms with E-state index >= 15 is 0 Å². The summed E-state index contributed by atoms with van der Waals surface area (Å²) in [6.45, 7) is 4.81. The van der Waals surface area contributed by atoms with Crippen molar-refractivity contribution < 1.29 is 9.53 Å². The van der Waals surface area contributed by atoms with Gasteiger partial charge in [0.25, 0.3) is 0 Å². The van der Waals surface area contributed by atoms with E-state index in [1.165, 1.54) is 17.8 Å². The summed E-state index contributed by atoms with van der Waals surface area (Å²) in [6.07, 6.45) is 4.06. The van der Waals surface area contributed by atoms with Gasteiger partial charge in [0.1, 0.15) is 5.60 Å². The van der Waals surface area contributed by atoms with Gasteiger partial charge in [0.15, 0.2) is 0 Å². The van der Waals surface area contributed by atoms with Crippen LogP contribution in [0.15, 0.2) is 17.5 Å². The molecule has 2 nitrogen and oxygen atoms in total. The zero-order valence-electron chi connectivity index (χ0n) is 10.6. The highest BCUT2D eigenvalue weighted by Crippen LogP contribution is 2.38. The average molecular weight is 252 g/mol. The highest BCUT2D eigenvalue weighted by atomic mass is 32.1. The number of carbonyl (C=O) groups is 1. The summed E-state index contributed by atoms with van der Waals surface area (Å²) in [5.41, 5.74) is -0.544. The van der Waals surface area contributed by atoms with Gasteiger partial charge in [-0.3, -0.25) is 4.79 Å². The van der Waals surface area contributed by atoms with Gasteiger partial charge < -0.3 is 4.74 Å². The van der Waals surface area contributed by atoms with Crippen LogP contribution in [0.1, 0.15) is 49.2 Å². The largest absolute Gasteiger partial charge is 0.367 e. The number of rotatable bonds is 4. The van der Waals surface area contributed by atoms with Gasteiger partial charge in [-0.05, 0) is 43.6 Å². The summed E-state index contributed by atoms with van der Waals surface area (Å²) in [4.78, 5) is 13.4. The molecule has 0 N–H and O–H groups in total. The van der Waals surface area contributed by atoms with Crippen molar-refractivity contribution in [3.8, 4) is 0 Å². The smallest absolute Gasteiger partial charge is 0.204 e. The average Bonchev–Trinajstić information content (AvgIpc) is 2.81. The summed E-state index contributed by atoms with van der Waals surface area (Å²) in [5, 5.41) is 1.96. The second-order valence-electron chi connectivity index (χ2n) is 4.94. The molecule has 94 valence electrons. The molecule has 1 fully saturated rings. The van der Waals surface area contributed by atoms with Gasteiger partial charge in [0, 0.05) is 6.61 Å². The molecule has 1 heterocycles. The van der Waals surface area contributed by atoms with Crippen LogP contribution in [0.2, 0.25) is 0 Å². The third-order valence-electron chi connectivity index (χ3n) is 3.54. The molecule has 0 aliphatic heterocycles. The highest BCUT2D eigenvalue weighted by molar-refractivity contribution is 7.12. The molecule has 1 aliphatic carbocycles. The van der Waals surface area contributed by atoms with Crippen molar-refractivity contribution in [3.05, 3.63) is 22.4 Å². The number of Topliss-reactive ketones (excluding diaryl/α,β-unsaturated/α-hetero) is 1. The molecule has 1 aromatic rings. The van der Waals surface area contributed by atoms with E-state index in [0.29, 0.717) is 12.5 Å². The Bertz CT molecular complexity index is 368. The van der Waals surface area contributed by atoms with Gasteiger partial charge in [-0.1, -0.05) is 19.4 Å². The predicted octanol–water partition coefficient (Wildman–Crippen LogP) is 3.92. The maximum atomic E-state index is 12.6. The van der Waals surface area contributed by atoms with Crippen molar-refractivity contribution in [1.82, 2.24) is 0 Å². The Kier molecular flexibility index (Phi) is 4.00. The molecule has 0 aromatic carbocycles. The van der Waals surface area contributed by atoms with E-state index in [9.17, 15) is 4.79 Å². The summed E-state index contributed by atoms with van der Waals surface area (Å²) in [6, 6.07) is 3.84. The summed E-state index contributed by atoms with van der Waals surface area (Å²) >= 11 is 1.52. The maximum Gasteiger partial charge on any atom is 0.204 e. The van der Waals surface area contributed by atoms with Crippen LogP contribution >= 0.6 is 11.3 Å². The SMILES string of the molecule is CCOC1(C(=O)c2cccs2)CCCC(C)C1. The Morgan fingerprint density at radius 2 is 2.47 bits per heavy atom. The first-order valence-corrected chi connectivity index (χ1v) is 7.28. The van der Waals surface area contributed by atoms with Crippen LogP contribution in [0.4, 0.5) is 0 Å². The van der Waals surface area contributed by atoms with E-state index in [4.69, 9.17) is 4.74 Å². The van der Waals surface area contributed by atoms with Crippen molar-refractivity contribution in [2.45, 2.75) is 45.1 Å². The second-order valence-corrected chi connectivity index (χ2v) is 5.88. The number of carbonyl (C=O) groups excluding carboxylic acids is 1. The number of thiophene rings is 1. The second kappa shape index (κ2) is 5.32. The Hall–Kier alpha value is -0.670. The minimum atomic E-state index is -0.544. The van der Waals surface area contributed by atoms with Crippen LogP contribution in [0, 0.1) is 5.92 Å². The molecular formula is C14H20O2S. The third kappa shape index (κ3) is 2.61. The first-order valence-electron chi connectivity index (χ1n) is 6.40. The minimum absolute atomic E-state index is 0.195. The standard InChI is InChI=1S/C14H20O2S/c1-3-16-14(8-4-6-11(2)10-14)13(15)12-7-5-9-17-12/h5,7,9,11H,3-4,6,8,10H2,1-2H3. The van der Waals surface area contributed by atoms with Crippen molar-refractivity contribution in [2.24, 2.45) is 5.92 Å². The Labute approximate surface area is 107 Å². The number of ketones is 1. The van der Waals surface area contributed by atoms with E-state index in [1.807, 2.05) is 24.4 Å². The fourth-order valence-corrected chi connectivity index (χ4v) is 3.57. The fourth-order valence-electron chi connectivity index (χ4n) is 2.81. The van der Waals surface area contributed by atoms with Crippen molar-refractivity contribution in [1.29, 1.82) is 0 Å². The normalized spacial score (nSPS) is 29.2. The maximum absolute atomic E-state index is 12.6. The molecule has 1 aromatic heterocycles. The molecule has 3 heteroatoms. The molecule has 17 heavy (non-hydrogen) atoms. The Morgan fingerprint density at radius 1 is 1.65 bits per heavy atom. The number of hydrogen-bond acceptors (Lipinski definition) is 3. The van der Waals surface area contributed by atoms with Gasteiger partial charge in [-0.25, -0.2) is 0 Å². The van der Waals surface area contributed by atoms with Gasteiger partial charge in [0.2, 0.25) is 5.78 Å². The molecule has 0 amide bonds. The lowest BCUT2D eigenvalue weighted by Crippen LogP contribution is -2.45. The lowest BCUT2D eigenvalue weighted by atomic mass is 9.76. The third-order valence-corrected chi connectivity index (χ3v) is 4.40. The van der Waals surface area contributed by atoms with Crippen molar-refractivity contribution in [2.75, 3.05) is 6.61 Å². The zero-order chi connectivity index (χ0) is 12.3. The Morgan fingerprint density at radius 3 is 3.06 bits per heavy atom. The van der Waals surface area contributed by atoms with Crippen LogP contribution in [-0.4, -0.2) is 18.0 Å². The van der Waals surface area contributed by atoms with Gasteiger partial charge >= 0.3 is 0 Å². The number of ether oxygens (including phenoxy) is 1. The summed E-state index contributed by atoms with van der Waals surface area (Å²) in [5.74, 6) is 0.778. The van der Waals surface area contributed by atoms with Crippen LogP contribution in [0.3, 0.4) is 0 Å². The molecule has 0 spiro atoms. The fraction of sp³-hybridized carbons (Fsp3) is 0.643. The van der Waals surface area contributed by atoms with Gasteiger partial charge in [-0.2, -0.15) is 0 Å². The predicted molar refractivity (Wildman–Crippen MR) is 70.6 cm³/mol. The highest BCUT2D eigenvalue weighted by Gasteiger charge is 2.43. The molecule has 2 atom stereocenters. The molecule has 0 saturated heterocycles. The van der Waals surface area contributed by atoms with Gasteiger partial charge in [-0.15, -0.1) is 11.3 Å². The molecule has 1 aliphatic rings. The lowest BCUT2D eigenvalue weighted by Gasteiger charge is -2.38.